The second kappa shape index (κ2) is 6.98. The van der Waals surface area contributed by atoms with Crippen LogP contribution in [0, 0.1) is 0 Å². The molecule has 0 bridgehead atoms. The first-order valence-corrected chi connectivity index (χ1v) is 8.06. The summed E-state index contributed by atoms with van der Waals surface area (Å²) in [6.45, 7) is 2.25. The minimum atomic E-state index is -1.10. The molecule has 0 aliphatic rings. The lowest BCUT2D eigenvalue weighted by Gasteiger charge is -2.19. The molecule has 0 fully saturated rings. The molecule has 1 aromatic carbocycles. The van der Waals surface area contributed by atoms with Gasteiger partial charge in [0.1, 0.15) is 12.3 Å². The summed E-state index contributed by atoms with van der Waals surface area (Å²) in [6.07, 6.45) is 1.48. The van der Waals surface area contributed by atoms with Crippen molar-refractivity contribution < 1.29 is 19.1 Å². The lowest BCUT2D eigenvalue weighted by atomic mass is 10.1. The number of carboxylic acid groups (broad SMARTS) is 1. The predicted octanol–water partition coefficient (Wildman–Crippen LogP) is 3.03. The summed E-state index contributed by atoms with van der Waals surface area (Å²) < 4.78 is 7.04. The van der Waals surface area contributed by atoms with Crippen molar-refractivity contribution in [3.8, 4) is 0 Å². The minimum absolute atomic E-state index is 0.0698. The Kier molecular flexibility index (Phi) is 4.76. The summed E-state index contributed by atoms with van der Waals surface area (Å²) in [7, 11) is 0. The maximum absolute atomic E-state index is 12.8. The number of nitrogens with zero attached hydrogens (tertiary/aromatic N) is 3. The lowest BCUT2D eigenvalue weighted by Crippen LogP contribution is -2.35. The Morgan fingerprint density at radius 2 is 2.16 bits per heavy atom. The van der Waals surface area contributed by atoms with Crippen LogP contribution in [0.4, 0.5) is 0 Å². The SMILES string of the molecule is CCn1c(Cl)nc2cc(C(=O)N(CC(=O)O)Cc3ccco3)ccc21. The number of amides is 1. The van der Waals surface area contributed by atoms with E-state index in [0.29, 0.717) is 28.7 Å². The number of aromatic nitrogens is 2. The molecular formula is C17H16ClN3O4. The number of carboxylic acids is 1. The number of furan rings is 1. The highest BCUT2D eigenvalue weighted by Gasteiger charge is 2.21. The first-order chi connectivity index (χ1) is 12.0. The van der Waals surface area contributed by atoms with Gasteiger partial charge < -0.3 is 19.0 Å². The summed E-state index contributed by atoms with van der Waals surface area (Å²) >= 11 is 6.09. The van der Waals surface area contributed by atoms with E-state index in [1.165, 1.54) is 11.2 Å². The molecule has 1 N–H and O–H groups in total. The maximum Gasteiger partial charge on any atom is 0.323 e. The number of hydrogen-bond acceptors (Lipinski definition) is 4. The topological polar surface area (TPSA) is 88.6 Å². The van der Waals surface area contributed by atoms with Crippen molar-refractivity contribution >= 4 is 34.5 Å². The fourth-order valence-electron chi connectivity index (χ4n) is 2.67. The number of hydrogen-bond donors (Lipinski definition) is 1. The van der Waals surface area contributed by atoms with Crippen LogP contribution in [-0.4, -0.2) is 38.0 Å². The van der Waals surface area contributed by atoms with E-state index in [0.717, 1.165) is 5.52 Å². The van der Waals surface area contributed by atoms with Gasteiger partial charge in [0.05, 0.1) is 23.8 Å². The number of fused-ring (bicyclic) bond motifs is 1. The Hall–Kier alpha value is -2.80. The number of carbonyl (C=O) groups is 2. The first-order valence-electron chi connectivity index (χ1n) is 7.68. The van der Waals surface area contributed by atoms with Crippen molar-refractivity contribution in [2.45, 2.75) is 20.0 Å². The molecule has 0 saturated heterocycles. The standard InChI is InChI=1S/C17H16ClN3O4/c1-2-21-14-6-5-11(8-13(14)19-17(21)18)16(24)20(10-15(22)23)9-12-4-3-7-25-12/h3-8H,2,9-10H2,1H3,(H,22,23). The molecule has 0 aliphatic heterocycles. The highest BCUT2D eigenvalue weighted by Crippen LogP contribution is 2.22. The van der Waals surface area contributed by atoms with Gasteiger partial charge in [0.25, 0.3) is 5.91 Å². The van der Waals surface area contributed by atoms with Crippen molar-refractivity contribution in [3.63, 3.8) is 0 Å². The monoisotopic (exact) mass is 361 g/mol. The van der Waals surface area contributed by atoms with E-state index in [9.17, 15) is 9.59 Å². The molecule has 0 radical (unpaired) electrons. The lowest BCUT2D eigenvalue weighted by molar-refractivity contribution is -0.137. The van der Waals surface area contributed by atoms with Gasteiger partial charge in [-0.3, -0.25) is 9.59 Å². The van der Waals surface area contributed by atoms with Crippen molar-refractivity contribution in [2.75, 3.05) is 6.54 Å². The van der Waals surface area contributed by atoms with E-state index in [-0.39, 0.29) is 6.54 Å². The Labute approximate surface area is 148 Å². The summed E-state index contributed by atoms with van der Waals surface area (Å²) in [5.74, 6) is -1.00. The number of halogens is 1. The van der Waals surface area contributed by atoms with E-state index in [1.54, 1.807) is 30.3 Å². The number of imidazole rings is 1. The number of aryl methyl sites for hydroxylation is 1. The third-order valence-electron chi connectivity index (χ3n) is 3.80. The third kappa shape index (κ3) is 3.51. The molecule has 1 amide bonds. The van der Waals surface area contributed by atoms with Crippen LogP contribution in [0.3, 0.4) is 0 Å². The fourth-order valence-corrected chi connectivity index (χ4v) is 2.97. The molecule has 0 saturated carbocycles. The number of carbonyl (C=O) groups excluding carboxylic acids is 1. The van der Waals surface area contributed by atoms with Gasteiger partial charge in [0.2, 0.25) is 5.28 Å². The van der Waals surface area contributed by atoms with Gasteiger partial charge in [-0.25, -0.2) is 4.98 Å². The third-order valence-corrected chi connectivity index (χ3v) is 4.09. The molecule has 25 heavy (non-hydrogen) atoms. The summed E-state index contributed by atoms with van der Waals surface area (Å²) in [5, 5.41) is 9.44. The Balaban J connectivity index is 1.93. The van der Waals surface area contributed by atoms with Gasteiger partial charge in [0.15, 0.2) is 0 Å². The second-order valence-electron chi connectivity index (χ2n) is 5.46. The van der Waals surface area contributed by atoms with Crippen LogP contribution in [0.25, 0.3) is 11.0 Å². The van der Waals surface area contributed by atoms with Crippen LogP contribution in [0.15, 0.2) is 41.0 Å². The van der Waals surface area contributed by atoms with E-state index >= 15 is 0 Å². The second-order valence-corrected chi connectivity index (χ2v) is 5.80. The molecule has 3 rings (SSSR count). The zero-order valence-corrected chi connectivity index (χ0v) is 14.2. The van der Waals surface area contributed by atoms with Gasteiger partial charge in [0, 0.05) is 12.1 Å². The molecule has 8 heteroatoms. The minimum Gasteiger partial charge on any atom is -0.480 e. The van der Waals surface area contributed by atoms with Crippen LogP contribution in [-0.2, 0) is 17.9 Å². The van der Waals surface area contributed by atoms with Gasteiger partial charge in [-0.1, -0.05) is 0 Å². The Morgan fingerprint density at radius 1 is 1.36 bits per heavy atom. The zero-order valence-electron chi connectivity index (χ0n) is 13.5. The molecule has 0 unspecified atom stereocenters. The molecule has 2 aromatic heterocycles. The highest BCUT2D eigenvalue weighted by atomic mass is 35.5. The molecule has 3 aromatic rings. The van der Waals surface area contributed by atoms with E-state index in [2.05, 4.69) is 4.98 Å². The summed E-state index contributed by atoms with van der Waals surface area (Å²) in [4.78, 5) is 29.3. The van der Waals surface area contributed by atoms with Crippen molar-refractivity contribution in [3.05, 3.63) is 53.2 Å². The molecule has 0 aliphatic carbocycles. The smallest absolute Gasteiger partial charge is 0.323 e. The zero-order chi connectivity index (χ0) is 18.0. The molecular weight excluding hydrogens is 346 g/mol. The number of benzene rings is 1. The predicted molar refractivity (Wildman–Crippen MR) is 91.5 cm³/mol. The quantitative estimate of drug-likeness (QED) is 0.729. The summed E-state index contributed by atoms with van der Waals surface area (Å²) in [5.41, 5.74) is 1.75. The van der Waals surface area contributed by atoms with Gasteiger partial charge in [-0.05, 0) is 48.9 Å². The average Bonchev–Trinajstić information content (AvgIpc) is 3.18. The van der Waals surface area contributed by atoms with Crippen LogP contribution in [0.5, 0.6) is 0 Å². The first kappa shape index (κ1) is 17.0. The molecule has 7 nitrogen and oxygen atoms in total. The molecule has 2 heterocycles. The van der Waals surface area contributed by atoms with Crippen LogP contribution in [0.1, 0.15) is 23.0 Å². The van der Waals surface area contributed by atoms with Crippen LogP contribution < -0.4 is 0 Å². The van der Waals surface area contributed by atoms with Crippen molar-refractivity contribution in [1.29, 1.82) is 0 Å². The number of aliphatic carboxylic acids is 1. The average molecular weight is 362 g/mol. The maximum atomic E-state index is 12.8. The fraction of sp³-hybridized carbons (Fsp3) is 0.235. The molecule has 130 valence electrons. The van der Waals surface area contributed by atoms with Gasteiger partial charge >= 0.3 is 5.97 Å². The highest BCUT2D eigenvalue weighted by molar-refractivity contribution is 6.29. The van der Waals surface area contributed by atoms with E-state index in [1.807, 2.05) is 11.5 Å². The molecule has 0 atom stereocenters. The van der Waals surface area contributed by atoms with Gasteiger partial charge in [-0.2, -0.15) is 0 Å². The van der Waals surface area contributed by atoms with Gasteiger partial charge in [-0.15, -0.1) is 0 Å². The summed E-state index contributed by atoms with van der Waals surface area (Å²) in [6, 6.07) is 8.40. The van der Waals surface area contributed by atoms with E-state index < -0.39 is 18.4 Å². The number of rotatable bonds is 6. The largest absolute Gasteiger partial charge is 0.480 e. The molecule has 0 spiro atoms. The van der Waals surface area contributed by atoms with Crippen molar-refractivity contribution in [2.24, 2.45) is 0 Å². The van der Waals surface area contributed by atoms with Crippen LogP contribution in [0.2, 0.25) is 5.28 Å². The normalized spacial score (nSPS) is 11.0. The Bertz CT molecular complexity index is 918. The van der Waals surface area contributed by atoms with Crippen molar-refractivity contribution in [1.82, 2.24) is 14.5 Å². The van der Waals surface area contributed by atoms with E-state index in [4.69, 9.17) is 21.1 Å². The van der Waals surface area contributed by atoms with Crippen LogP contribution >= 0.6 is 11.6 Å². The Morgan fingerprint density at radius 3 is 2.80 bits per heavy atom.